The fraction of sp³-hybridized carbons (Fsp3) is 0.773. The highest BCUT2D eigenvalue weighted by molar-refractivity contribution is 5.81. The minimum Gasteiger partial charge on any atom is -0.379 e. The quantitative estimate of drug-likeness (QED) is 0.635. The first-order chi connectivity index (χ1) is 14.6. The van der Waals surface area contributed by atoms with Gasteiger partial charge in [0, 0.05) is 70.4 Å². The van der Waals surface area contributed by atoms with Crippen LogP contribution in [0.15, 0.2) is 12.4 Å². The van der Waals surface area contributed by atoms with Gasteiger partial charge in [0.25, 0.3) is 0 Å². The molecule has 30 heavy (non-hydrogen) atoms. The van der Waals surface area contributed by atoms with Gasteiger partial charge >= 0.3 is 0 Å². The Kier molecular flexibility index (Phi) is 7.04. The lowest BCUT2D eigenvalue weighted by Gasteiger charge is -2.40. The third-order valence-electron chi connectivity index (χ3n) is 6.48. The zero-order valence-electron chi connectivity index (χ0n) is 18.2. The van der Waals surface area contributed by atoms with Gasteiger partial charge < -0.3 is 14.5 Å². The summed E-state index contributed by atoms with van der Waals surface area (Å²) in [5, 5.41) is 4.27. The number of hydrogen-bond donors (Lipinski definition) is 0. The molecule has 0 aromatic carbocycles. The predicted octanol–water partition coefficient (Wildman–Crippen LogP) is 1.14. The van der Waals surface area contributed by atoms with Crippen molar-refractivity contribution in [1.82, 2.24) is 24.5 Å². The molecule has 2 saturated heterocycles. The standard InChI is InChI=1S/C22H35N5O3/c1-18-15-23-26(16-18)8-6-21(28)25-7-2-3-20(17-25)27(22(29)19-4-5-19)10-9-24-11-13-30-14-12-24/h15-16,19-20H,2-14,17H2,1H3. The fourth-order valence-electron chi connectivity index (χ4n) is 4.50. The van der Waals surface area contributed by atoms with E-state index in [1.165, 1.54) is 0 Å². The summed E-state index contributed by atoms with van der Waals surface area (Å²) in [6.45, 7) is 9.15. The molecule has 1 aliphatic carbocycles. The van der Waals surface area contributed by atoms with E-state index in [0.29, 0.717) is 25.4 Å². The number of hydrogen-bond acceptors (Lipinski definition) is 5. The molecule has 8 nitrogen and oxygen atoms in total. The molecule has 1 atom stereocenters. The lowest BCUT2D eigenvalue weighted by molar-refractivity contribution is -0.141. The second kappa shape index (κ2) is 9.92. The number of piperidine rings is 1. The van der Waals surface area contributed by atoms with E-state index in [9.17, 15) is 9.59 Å². The number of ether oxygens (including phenoxy) is 1. The lowest BCUT2D eigenvalue weighted by atomic mass is 10.0. The Morgan fingerprint density at radius 3 is 2.67 bits per heavy atom. The molecule has 3 fully saturated rings. The van der Waals surface area contributed by atoms with Crippen LogP contribution in [0.1, 0.15) is 37.7 Å². The molecular weight excluding hydrogens is 382 g/mol. The molecule has 1 saturated carbocycles. The average Bonchev–Trinajstić information content (AvgIpc) is 3.54. The minimum atomic E-state index is 0.142. The summed E-state index contributed by atoms with van der Waals surface area (Å²) in [4.78, 5) is 32.3. The number of likely N-dealkylation sites (tertiary alicyclic amines) is 1. The highest BCUT2D eigenvalue weighted by atomic mass is 16.5. The van der Waals surface area contributed by atoms with Gasteiger partial charge in [-0.1, -0.05) is 0 Å². The Balaban J connectivity index is 1.32. The summed E-state index contributed by atoms with van der Waals surface area (Å²) < 4.78 is 7.28. The Morgan fingerprint density at radius 2 is 1.97 bits per heavy atom. The molecule has 1 aromatic rings. The zero-order chi connectivity index (χ0) is 20.9. The van der Waals surface area contributed by atoms with Gasteiger partial charge in [0.2, 0.25) is 11.8 Å². The van der Waals surface area contributed by atoms with Crippen LogP contribution in [0.2, 0.25) is 0 Å². The lowest BCUT2D eigenvalue weighted by Crippen LogP contribution is -2.54. The number of aromatic nitrogens is 2. The number of aryl methyl sites for hydroxylation is 2. The van der Waals surface area contributed by atoms with E-state index < -0.39 is 0 Å². The third kappa shape index (κ3) is 5.60. The summed E-state index contributed by atoms with van der Waals surface area (Å²) in [5.41, 5.74) is 1.11. The smallest absolute Gasteiger partial charge is 0.226 e. The molecule has 166 valence electrons. The Labute approximate surface area is 179 Å². The summed E-state index contributed by atoms with van der Waals surface area (Å²) in [6, 6.07) is 0.142. The summed E-state index contributed by atoms with van der Waals surface area (Å²) >= 11 is 0. The molecule has 2 aliphatic heterocycles. The number of amides is 2. The number of carbonyl (C=O) groups is 2. The fourth-order valence-corrected chi connectivity index (χ4v) is 4.50. The number of rotatable bonds is 8. The zero-order valence-corrected chi connectivity index (χ0v) is 18.2. The van der Waals surface area contributed by atoms with Crippen LogP contribution in [0.5, 0.6) is 0 Å². The third-order valence-corrected chi connectivity index (χ3v) is 6.48. The van der Waals surface area contributed by atoms with Crippen molar-refractivity contribution < 1.29 is 14.3 Å². The normalized spacial score (nSPS) is 22.8. The monoisotopic (exact) mass is 417 g/mol. The molecule has 2 amide bonds. The first-order valence-electron chi connectivity index (χ1n) is 11.5. The number of morpholine rings is 1. The second-order valence-corrected chi connectivity index (χ2v) is 8.93. The molecule has 0 N–H and O–H groups in total. The van der Waals surface area contributed by atoms with Gasteiger partial charge in [-0.2, -0.15) is 5.10 Å². The van der Waals surface area contributed by atoms with Crippen molar-refractivity contribution in [2.75, 3.05) is 52.5 Å². The molecule has 0 bridgehead atoms. The highest BCUT2D eigenvalue weighted by Gasteiger charge is 2.38. The second-order valence-electron chi connectivity index (χ2n) is 8.93. The maximum absolute atomic E-state index is 13.0. The van der Waals surface area contributed by atoms with Gasteiger partial charge in [-0.05, 0) is 38.2 Å². The van der Waals surface area contributed by atoms with Gasteiger partial charge in [-0.3, -0.25) is 19.2 Å². The van der Waals surface area contributed by atoms with Gasteiger partial charge in [0.05, 0.1) is 19.4 Å². The van der Waals surface area contributed by atoms with Gasteiger partial charge in [-0.15, -0.1) is 0 Å². The molecule has 1 aromatic heterocycles. The van der Waals surface area contributed by atoms with Gasteiger partial charge in [0.15, 0.2) is 0 Å². The van der Waals surface area contributed by atoms with Gasteiger partial charge in [-0.25, -0.2) is 0 Å². The van der Waals surface area contributed by atoms with Crippen molar-refractivity contribution in [1.29, 1.82) is 0 Å². The van der Waals surface area contributed by atoms with Crippen molar-refractivity contribution in [2.45, 2.75) is 51.6 Å². The van der Waals surface area contributed by atoms with Crippen LogP contribution in [-0.2, 0) is 20.9 Å². The number of carbonyl (C=O) groups excluding carboxylic acids is 2. The van der Waals surface area contributed by atoms with Gasteiger partial charge in [0.1, 0.15) is 0 Å². The van der Waals surface area contributed by atoms with Crippen molar-refractivity contribution >= 4 is 11.8 Å². The topological polar surface area (TPSA) is 70.9 Å². The molecule has 0 radical (unpaired) electrons. The van der Waals surface area contributed by atoms with Crippen molar-refractivity contribution in [2.24, 2.45) is 5.92 Å². The van der Waals surface area contributed by atoms with E-state index in [0.717, 1.165) is 77.2 Å². The Morgan fingerprint density at radius 1 is 1.17 bits per heavy atom. The van der Waals surface area contributed by atoms with Crippen LogP contribution in [-0.4, -0.2) is 94.8 Å². The summed E-state index contributed by atoms with van der Waals surface area (Å²) in [7, 11) is 0. The first-order valence-corrected chi connectivity index (χ1v) is 11.5. The highest BCUT2D eigenvalue weighted by Crippen LogP contribution is 2.32. The Hall–Kier alpha value is -1.93. The van der Waals surface area contributed by atoms with Crippen molar-refractivity contribution in [3.63, 3.8) is 0 Å². The van der Waals surface area contributed by atoms with E-state index in [4.69, 9.17) is 4.74 Å². The van der Waals surface area contributed by atoms with E-state index in [-0.39, 0.29) is 17.9 Å². The van der Waals surface area contributed by atoms with E-state index in [1.807, 2.05) is 28.9 Å². The molecular formula is C22H35N5O3. The maximum atomic E-state index is 13.0. The average molecular weight is 418 g/mol. The van der Waals surface area contributed by atoms with Crippen LogP contribution < -0.4 is 0 Å². The molecule has 8 heteroatoms. The van der Waals surface area contributed by atoms with Crippen molar-refractivity contribution in [3.8, 4) is 0 Å². The van der Waals surface area contributed by atoms with Crippen LogP contribution >= 0.6 is 0 Å². The van der Waals surface area contributed by atoms with Crippen LogP contribution in [0, 0.1) is 12.8 Å². The molecule has 1 unspecified atom stereocenters. The summed E-state index contributed by atoms with van der Waals surface area (Å²) in [6.07, 6.45) is 8.23. The molecule has 0 spiro atoms. The van der Waals surface area contributed by atoms with Crippen LogP contribution in [0.4, 0.5) is 0 Å². The van der Waals surface area contributed by atoms with E-state index >= 15 is 0 Å². The van der Waals surface area contributed by atoms with E-state index in [1.54, 1.807) is 0 Å². The van der Waals surface area contributed by atoms with Crippen LogP contribution in [0.3, 0.4) is 0 Å². The van der Waals surface area contributed by atoms with E-state index in [2.05, 4.69) is 14.9 Å². The number of nitrogens with zero attached hydrogens (tertiary/aromatic N) is 5. The maximum Gasteiger partial charge on any atom is 0.226 e. The summed E-state index contributed by atoms with van der Waals surface area (Å²) in [5.74, 6) is 0.679. The minimum absolute atomic E-state index is 0.142. The Bertz CT molecular complexity index is 726. The molecule has 4 rings (SSSR count). The molecule has 3 aliphatic rings. The van der Waals surface area contributed by atoms with Crippen LogP contribution in [0.25, 0.3) is 0 Å². The predicted molar refractivity (Wildman–Crippen MR) is 113 cm³/mol. The first kappa shape index (κ1) is 21.3. The van der Waals surface area contributed by atoms with Crippen molar-refractivity contribution in [3.05, 3.63) is 18.0 Å². The largest absolute Gasteiger partial charge is 0.379 e. The molecule has 3 heterocycles. The SMILES string of the molecule is Cc1cnn(CCC(=O)N2CCCC(N(CCN3CCOCC3)C(=O)C3CC3)C2)c1.